The lowest BCUT2D eigenvalue weighted by Crippen LogP contribution is -2.55. The number of hydrogen-bond donors (Lipinski definition) is 2. The fraction of sp³-hybridized carbons (Fsp3) is 0.933. The molecule has 4 nitrogen and oxygen atoms in total. The van der Waals surface area contributed by atoms with E-state index in [0.29, 0.717) is 12.5 Å². The van der Waals surface area contributed by atoms with E-state index in [4.69, 9.17) is 10.5 Å². The molecule has 0 aromatic carbocycles. The molecule has 0 bridgehead atoms. The van der Waals surface area contributed by atoms with Gasteiger partial charge in [0.1, 0.15) is 0 Å². The Hall–Kier alpha value is -0.610. The zero-order valence-corrected chi connectivity index (χ0v) is 13.1. The summed E-state index contributed by atoms with van der Waals surface area (Å²) in [7, 11) is 0. The quantitative estimate of drug-likeness (QED) is 0.711. The summed E-state index contributed by atoms with van der Waals surface area (Å²) in [5.41, 5.74) is 5.16. The lowest BCUT2D eigenvalue weighted by Gasteiger charge is -2.31. The number of carbonyl (C=O) groups excluding carboxylic acids is 1. The predicted molar refractivity (Wildman–Crippen MR) is 77.9 cm³/mol. The van der Waals surface area contributed by atoms with E-state index in [1.165, 1.54) is 0 Å². The molecule has 0 saturated heterocycles. The Labute approximate surface area is 117 Å². The van der Waals surface area contributed by atoms with Crippen LogP contribution in [0.2, 0.25) is 0 Å². The van der Waals surface area contributed by atoms with Crippen molar-refractivity contribution < 1.29 is 9.53 Å². The molecule has 1 aliphatic carbocycles. The molecule has 2 atom stereocenters. The highest BCUT2D eigenvalue weighted by atomic mass is 16.5. The van der Waals surface area contributed by atoms with Gasteiger partial charge in [-0.2, -0.15) is 0 Å². The van der Waals surface area contributed by atoms with Crippen molar-refractivity contribution in [3.63, 3.8) is 0 Å². The van der Waals surface area contributed by atoms with Gasteiger partial charge in [0, 0.05) is 19.1 Å². The molecular formula is C15H30N2O2. The molecule has 112 valence electrons. The van der Waals surface area contributed by atoms with Crippen LogP contribution >= 0.6 is 0 Å². The first-order chi connectivity index (χ1) is 8.62. The summed E-state index contributed by atoms with van der Waals surface area (Å²) in [4.78, 5) is 11.7. The van der Waals surface area contributed by atoms with Gasteiger partial charge in [-0.25, -0.2) is 0 Å². The topological polar surface area (TPSA) is 64.3 Å². The van der Waals surface area contributed by atoms with Crippen molar-refractivity contribution in [3.05, 3.63) is 0 Å². The average Bonchev–Trinajstić information content (AvgIpc) is 2.98. The van der Waals surface area contributed by atoms with E-state index in [2.05, 4.69) is 26.1 Å². The summed E-state index contributed by atoms with van der Waals surface area (Å²) in [6.07, 6.45) is 3.96. The van der Waals surface area contributed by atoms with Gasteiger partial charge in [0.25, 0.3) is 0 Å². The van der Waals surface area contributed by atoms with Gasteiger partial charge in [-0.3, -0.25) is 4.79 Å². The van der Waals surface area contributed by atoms with Gasteiger partial charge in [0.2, 0.25) is 5.91 Å². The number of nitrogens with two attached hydrogens (primary N) is 1. The zero-order valence-electron chi connectivity index (χ0n) is 13.1. The maximum absolute atomic E-state index is 11.7. The fourth-order valence-electron chi connectivity index (χ4n) is 2.11. The van der Waals surface area contributed by atoms with Crippen molar-refractivity contribution in [3.8, 4) is 0 Å². The number of nitrogens with one attached hydrogen (secondary N) is 1. The molecule has 0 spiro atoms. The largest absolute Gasteiger partial charge is 0.378 e. The fourth-order valence-corrected chi connectivity index (χ4v) is 2.11. The SMILES string of the molecule is CC(CC(C)(NC1CC1)C(N)=O)OCCC(C)(C)C. The lowest BCUT2D eigenvalue weighted by atomic mass is 9.92. The van der Waals surface area contributed by atoms with Gasteiger partial charge < -0.3 is 15.8 Å². The van der Waals surface area contributed by atoms with Crippen LogP contribution < -0.4 is 11.1 Å². The van der Waals surface area contributed by atoms with Crippen molar-refractivity contribution in [2.45, 2.75) is 78.0 Å². The van der Waals surface area contributed by atoms with Crippen LogP contribution in [-0.4, -0.2) is 30.2 Å². The minimum Gasteiger partial charge on any atom is -0.378 e. The Morgan fingerprint density at radius 3 is 2.37 bits per heavy atom. The van der Waals surface area contributed by atoms with E-state index >= 15 is 0 Å². The second-order valence-corrected chi connectivity index (χ2v) is 7.31. The van der Waals surface area contributed by atoms with E-state index in [1.54, 1.807) is 0 Å². The van der Waals surface area contributed by atoms with Gasteiger partial charge in [-0.15, -0.1) is 0 Å². The van der Waals surface area contributed by atoms with Crippen LogP contribution in [0.25, 0.3) is 0 Å². The van der Waals surface area contributed by atoms with Gasteiger partial charge in [-0.05, 0) is 38.5 Å². The lowest BCUT2D eigenvalue weighted by molar-refractivity contribution is -0.125. The molecule has 1 fully saturated rings. The van der Waals surface area contributed by atoms with Crippen molar-refractivity contribution in [2.24, 2.45) is 11.1 Å². The minimum atomic E-state index is -0.650. The summed E-state index contributed by atoms with van der Waals surface area (Å²) in [6.45, 7) is 11.2. The molecule has 2 unspecified atom stereocenters. The number of primary amides is 1. The van der Waals surface area contributed by atoms with Crippen LogP contribution in [0.3, 0.4) is 0 Å². The number of hydrogen-bond acceptors (Lipinski definition) is 3. The second-order valence-electron chi connectivity index (χ2n) is 7.31. The van der Waals surface area contributed by atoms with Crippen LogP contribution in [0, 0.1) is 5.41 Å². The molecule has 0 aromatic heterocycles. The van der Waals surface area contributed by atoms with Gasteiger partial charge in [0.15, 0.2) is 0 Å². The first-order valence-electron chi connectivity index (χ1n) is 7.32. The van der Waals surface area contributed by atoms with E-state index in [0.717, 1.165) is 25.9 Å². The van der Waals surface area contributed by atoms with E-state index in [9.17, 15) is 4.79 Å². The molecule has 0 radical (unpaired) electrons. The van der Waals surface area contributed by atoms with Crippen molar-refractivity contribution in [1.29, 1.82) is 0 Å². The van der Waals surface area contributed by atoms with Crippen LogP contribution in [0.5, 0.6) is 0 Å². The Kier molecular flexibility index (Phi) is 5.39. The van der Waals surface area contributed by atoms with Crippen LogP contribution in [0.4, 0.5) is 0 Å². The van der Waals surface area contributed by atoms with E-state index in [1.807, 2.05) is 13.8 Å². The van der Waals surface area contributed by atoms with Crippen LogP contribution in [0.1, 0.15) is 60.3 Å². The van der Waals surface area contributed by atoms with E-state index < -0.39 is 5.54 Å². The Morgan fingerprint density at radius 1 is 1.37 bits per heavy atom. The maximum atomic E-state index is 11.7. The summed E-state index contributed by atoms with van der Waals surface area (Å²) in [5.74, 6) is -0.286. The highest BCUT2D eigenvalue weighted by Gasteiger charge is 2.38. The van der Waals surface area contributed by atoms with Crippen molar-refractivity contribution >= 4 is 5.91 Å². The van der Waals surface area contributed by atoms with Crippen molar-refractivity contribution in [2.75, 3.05) is 6.61 Å². The zero-order chi connectivity index (χ0) is 14.7. The number of carbonyl (C=O) groups is 1. The summed E-state index contributed by atoms with van der Waals surface area (Å²) >= 11 is 0. The van der Waals surface area contributed by atoms with Gasteiger partial charge in [0.05, 0.1) is 11.6 Å². The second kappa shape index (κ2) is 6.23. The third-order valence-corrected chi connectivity index (χ3v) is 3.59. The number of ether oxygens (including phenoxy) is 1. The Balaban J connectivity index is 2.38. The molecule has 4 heteroatoms. The summed E-state index contributed by atoms with van der Waals surface area (Å²) < 4.78 is 5.82. The van der Waals surface area contributed by atoms with Gasteiger partial charge in [-0.1, -0.05) is 20.8 Å². The number of rotatable bonds is 8. The van der Waals surface area contributed by atoms with Crippen LogP contribution in [0.15, 0.2) is 0 Å². The monoisotopic (exact) mass is 270 g/mol. The van der Waals surface area contributed by atoms with Crippen molar-refractivity contribution in [1.82, 2.24) is 5.32 Å². The maximum Gasteiger partial charge on any atom is 0.237 e. The first-order valence-corrected chi connectivity index (χ1v) is 7.32. The van der Waals surface area contributed by atoms with Crippen LogP contribution in [-0.2, 0) is 9.53 Å². The molecule has 0 aliphatic heterocycles. The third kappa shape index (κ3) is 6.39. The predicted octanol–water partition coefficient (Wildman–Crippen LogP) is 2.21. The first kappa shape index (κ1) is 16.4. The molecule has 19 heavy (non-hydrogen) atoms. The summed E-state index contributed by atoms with van der Waals surface area (Å²) in [6, 6.07) is 0.458. The molecule has 1 rings (SSSR count). The molecular weight excluding hydrogens is 240 g/mol. The highest BCUT2D eigenvalue weighted by molar-refractivity contribution is 5.84. The highest BCUT2D eigenvalue weighted by Crippen LogP contribution is 2.25. The van der Waals surface area contributed by atoms with Gasteiger partial charge >= 0.3 is 0 Å². The third-order valence-electron chi connectivity index (χ3n) is 3.59. The molecule has 1 aliphatic rings. The summed E-state index contributed by atoms with van der Waals surface area (Å²) in [5, 5.41) is 3.35. The number of amides is 1. The molecule has 0 aromatic rings. The molecule has 1 saturated carbocycles. The smallest absolute Gasteiger partial charge is 0.237 e. The average molecular weight is 270 g/mol. The molecule has 0 heterocycles. The molecule has 1 amide bonds. The minimum absolute atomic E-state index is 0.0334. The van der Waals surface area contributed by atoms with E-state index in [-0.39, 0.29) is 17.4 Å². The normalized spacial score (nSPS) is 20.9. The molecule has 3 N–H and O–H groups in total. The Bertz CT molecular complexity index is 308. The standard InChI is InChI=1S/C15H30N2O2/c1-11(19-9-8-14(2,3)4)10-15(5,13(16)18)17-12-6-7-12/h11-12,17H,6-10H2,1-5H3,(H2,16,18). The Morgan fingerprint density at radius 2 is 1.95 bits per heavy atom.